The number of phenolic OH excluding ortho intramolecular Hbond substituents is 1. The molecular formula is C25H24NO3+. The van der Waals surface area contributed by atoms with Crippen molar-refractivity contribution in [3.8, 4) is 17.2 Å². The van der Waals surface area contributed by atoms with E-state index < -0.39 is 0 Å². The smallest absolute Gasteiger partial charge is 0.215 e. The minimum Gasteiger partial charge on any atom is -0.504 e. The van der Waals surface area contributed by atoms with Crippen molar-refractivity contribution >= 4 is 5.71 Å². The zero-order chi connectivity index (χ0) is 20.0. The molecule has 4 heteroatoms. The Morgan fingerprint density at radius 3 is 2.52 bits per heavy atom. The van der Waals surface area contributed by atoms with Crippen molar-refractivity contribution in [2.24, 2.45) is 0 Å². The minimum atomic E-state index is 0.192. The molecule has 3 aromatic carbocycles. The normalized spacial score (nSPS) is 17.2. The van der Waals surface area contributed by atoms with Crippen LogP contribution in [0, 0.1) is 0 Å². The highest BCUT2D eigenvalue weighted by atomic mass is 16.5. The number of nitrogens with zero attached hydrogens (tertiary/aromatic N) is 1. The summed E-state index contributed by atoms with van der Waals surface area (Å²) in [6.07, 6.45) is 1.83. The number of rotatable bonds is 3. The zero-order valence-corrected chi connectivity index (χ0v) is 16.7. The van der Waals surface area contributed by atoms with E-state index >= 15 is 0 Å². The molecule has 2 aliphatic rings. The number of benzene rings is 3. The number of phenols is 1. The first-order valence-electron chi connectivity index (χ1n) is 9.95. The van der Waals surface area contributed by atoms with Crippen LogP contribution in [0.1, 0.15) is 33.9 Å². The Labute approximate surface area is 170 Å². The van der Waals surface area contributed by atoms with Crippen LogP contribution in [0.25, 0.3) is 0 Å². The van der Waals surface area contributed by atoms with Gasteiger partial charge in [-0.1, -0.05) is 18.2 Å². The van der Waals surface area contributed by atoms with Gasteiger partial charge in [0.05, 0.1) is 19.8 Å². The molecule has 0 bridgehead atoms. The lowest BCUT2D eigenvalue weighted by Gasteiger charge is -2.31. The van der Waals surface area contributed by atoms with E-state index in [1.807, 2.05) is 24.3 Å². The second kappa shape index (κ2) is 6.96. The highest BCUT2D eigenvalue weighted by Gasteiger charge is 2.40. The highest BCUT2D eigenvalue weighted by Crippen LogP contribution is 2.40. The molecule has 0 unspecified atom stereocenters. The molecular weight excluding hydrogens is 362 g/mol. The van der Waals surface area contributed by atoms with Crippen molar-refractivity contribution in [2.75, 3.05) is 20.8 Å². The summed E-state index contributed by atoms with van der Waals surface area (Å²) in [6, 6.07) is 21.0. The third-order valence-electron chi connectivity index (χ3n) is 6.11. The lowest BCUT2D eigenvalue weighted by molar-refractivity contribution is -0.577. The molecule has 0 saturated carbocycles. The minimum absolute atomic E-state index is 0.192. The van der Waals surface area contributed by atoms with Crippen molar-refractivity contribution < 1.29 is 19.2 Å². The van der Waals surface area contributed by atoms with Gasteiger partial charge < -0.3 is 14.6 Å². The van der Waals surface area contributed by atoms with Crippen LogP contribution >= 0.6 is 0 Å². The molecule has 0 fully saturated rings. The Morgan fingerprint density at radius 2 is 1.76 bits per heavy atom. The molecule has 2 heterocycles. The lowest BCUT2D eigenvalue weighted by Crippen LogP contribution is -2.38. The molecule has 1 atom stereocenters. The van der Waals surface area contributed by atoms with Crippen molar-refractivity contribution in [2.45, 2.75) is 18.9 Å². The third-order valence-corrected chi connectivity index (χ3v) is 6.11. The number of aromatic hydroxyl groups is 1. The van der Waals surface area contributed by atoms with Gasteiger partial charge in [-0.05, 0) is 53.6 Å². The Balaban J connectivity index is 1.75. The summed E-state index contributed by atoms with van der Waals surface area (Å²) in [6.45, 7) is 0.942. The first-order chi connectivity index (χ1) is 14.2. The number of hydrogen-bond acceptors (Lipinski definition) is 3. The van der Waals surface area contributed by atoms with Gasteiger partial charge >= 0.3 is 0 Å². The van der Waals surface area contributed by atoms with Crippen LogP contribution in [0.2, 0.25) is 0 Å². The van der Waals surface area contributed by atoms with E-state index in [-0.39, 0.29) is 11.8 Å². The summed E-state index contributed by atoms with van der Waals surface area (Å²) in [5, 5.41) is 10.4. The highest BCUT2D eigenvalue weighted by molar-refractivity contribution is 6.11. The van der Waals surface area contributed by atoms with E-state index in [0.29, 0.717) is 5.75 Å². The average Bonchev–Trinajstić information content (AvgIpc) is 2.77. The molecule has 0 saturated heterocycles. The predicted octanol–water partition coefficient (Wildman–Crippen LogP) is 4.11. The van der Waals surface area contributed by atoms with Crippen molar-refractivity contribution in [3.63, 3.8) is 0 Å². The summed E-state index contributed by atoms with van der Waals surface area (Å²) in [5.74, 6) is 1.61. The van der Waals surface area contributed by atoms with Gasteiger partial charge in [0, 0.05) is 24.0 Å². The van der Waals surface area contributed by atoms with Gasteiger partial charge in [0.1, 0.15) is 12.3 Å². The Kier molecular flexibility index (Phi) is 4.27. The SMILES string of the molecule is COc1ccc2c(c1)CC[N+]1=C(c3ccccc3)c3cc(OC)c(O)cc3C[C@@H]21. The van der Waals surface area contributed by atoms with Crippen LogP contribution in [0.15, 0.2) is 60.7 Å². The molecule has 0 aromatic heterocycles. The van der Waals surface area contributed by atoms with Crippen molar-refractivity contribution in [1.82, 2.24) is 0 Å². The summed E-state index contributed by atoms with van der Waals surface area (Å²) in [7, 11) is 3.31. The molecule has 29 heavy (non-hydrogen) atoms. The van der Waals surface area contributed by atoms with Crippen molar-refractivity contribution in [3.05, 3.63) is 88.5 Å². The van der Waals surface area contributed by atoms with E-state index in [0.717, 1.165) is 36.3 Å². The number of hydrogen-bond donors (Lipinski definition) is 1. The van der Waals surface area contributed by atoms with Gasteiger partial charge in [0.2, 0.25) is 5.71 Å². The second-order valence-electron chi connectivity index (χ2n) is 7.62. The molecule has 0 radical (unpaired) electrons. The van der Waals surface area contributed by atoms with Crippen LogP contribution in [0.4, 0.5) is 0 Å². The fourth-order valence-electron chi connectivity index (χ4n) is 4.75. The molecule has 1 N–H and O–H groups in total. The molecule has 2 aliphatic heterocycles. The van der Waals surface area contributed by atoms with Gasteiger partial charge in [-0.3, -0.25) is 0 Å². The Morgan fingerprint density at radius 1 is 0.931 bits per heavy atom. The maximum absolute atomic E-state index is 10.4. The van der Waals surface area contributed by atoms with Crippen LogP contribution < -0.4 is 9.47 Å². The van der Waals surface area contributed by atoms with Gasteiger partial charge in [-0.2, -0.15) is 0 Å². The molecule has 0 amide bonds. The van der Waals surface area contributed by atoms with E-state index in [9.17, 15) is 5.11 Å². The Hall–Kier alpha value is -3.27. The summed E-state index contributed by atoms with van der Waals surface area (Å²) in [4.78, 5) is 0. The van der Waals surface area contributed by atoms with Gasteiger partial charge in [-0.15, -0.1) is 0 Å². The standard InChI is InChI=1S/C25H23NO3/c1-28-19-8-9-20-17(12-19)10-11-26-22(20)13-18-14-23(27)24(29-2)15-21(18)25(26)16-6-4-3-5-7-16/h3-9,12,14-15,22H,10-11,13H2,1-2H3/p+1/t22-/m0/s1. The first-order valence-corrected chi connectivity index (χ1v) is 9.95. The summed E-state index contributed by atoms with van der Waals surface area (Å²) < 4.78 is 13.4. The molecule has 4 nitrogen and oxygen atoms in total. The second-order valence-corrected chi connectivity index (χ2v) is 7.62. The van der Waals surface area contributed by atoms with E-state index in [1.54, 1.807) is 14.2 Å². The third kappa shape index (κ3) is 2.87. The largest absolute Gasteiger partial charge is 0.504 e. The maximum Gasteiger partial charge on any atom is 0.215 e. The quantitative estimate of drug-likeness (QED) is 0.689. The zero-order valence-electron chi connectivity index (χ0n) is 16.7. The van der Waals surface area contributed by atoms with E-state index in [4.69, 9.17) is 9.47 Å². The van der Waals surface area contributed by atoms with Crippen LogP contribution in [0.5, 0.6) is 17.2 Å². The first kappa shape index (κ1) is 17.8. The van der Waals surface area contributed by atoms with Gasteiger partial charge in [0.25, 0.3) is 0 Å². The van der Waals surface area contributed by atoms with E-state index in [2.05, 4.69) is 41.0 Å². The number of methoxy groups -OCH3 is 2. The number of fused-ring (bicyclic) bond motifs is 4. The summed E-state index contributed by atoms with van der Waals surface area (Å²) in [5.41, 5.74) is 7.36. The lowest BCUT2D eigenvalue weighted by atomic mass is 9.82. The van der Waals surface area contributed by atoms with Crippen LogP contribution in [-0.4, -0.2) is 36.2 Å². The topological polar surface area (TPSA) is 41.7 Å². The van der Waals surface area contributed by atoms with E-state index in [1.165, 1.54) is 22.4 Å². The van der Waals surface area contributed by atoms with Crippen LogP contribution in [0.3, 0.4) is 0 Å². The molecule has 146 valence electrons. The average molecular weight is 386 g/mol. The predicted molar refractivity (Wildman–Crippen MR) is 113 cm³/mol. The van der Waals surface area contributed by atoms with Crippen molar-refractivity contribution in [1.29, 1.82) is 0 Å². The number of ether oxygens (including phenoxy) is 2. The summed E-state index contributed by atoms with van der Waals surface area (Å²) >= 11 is 0. The maximum atomic E-state index is 10.4. The molecule has 0 aliphatic carbocycles. The fourth-order valence-corrected chi connectivity index (χ4v) is 4.75. The van der Waals surface area contributed by atoms with Gasteiger partial charge in [-0.25, -0.2) is 4.58 Å². The fraction of sp³-hybridized carbons (Fsp3) is 0.240. The molecule has 0 spiro atoms. The molecule has 3 aromatic rings. The van der Waals surface area contributed by atoms with Crippen LogP contribution in [-0.2, 0) is 12.8 Å². The Bertz CT molecular complexity index is 1120. The van der Waals surface area contributed by atoms with Gasteiger partial charge in [0.15, 0.2) is 17.5 Å². The molecule has 5 rings (SSSR count). The monoisotopic (exact) mass is 386 g/mol.